The van der Waals surface area contributed by atoms with Crippen molar-refractivity contribution in [2.24, 2.45) is 5.92 Å². The van der Waals surface area contributed by atoms with Crippen molar-refractivity contribution in [2.75, 3.05) is 37.6 Å². The number of rotatable bonds is 6. The SMILES string of the molecule is Cc1nnc2ccc(N3CCC(C(=O)NCCCN4CCc5ccccc5C4)CC3)nn12. The first-order chi connectivity index (χ1) is 15.7. The van der Waals surface area contributed by atoms with Crippen LogP contribution in [0.4, 0.5) is 5.82 Å². The molecular formula is C24H31N7O. The Hall–Kier alpha value is -3.00. The molecule has 0 radical (unpaired) electrons. The van der Waals surface area contributed by atoms with Gasteiger partial charge in [-0.2, -0.15) is 4.52 Å². The summed E-state index contributed by atoms with van der Waals surface area (Å²) >= 11 is 0. The number of nitrogens with zero attached hydrogens (tertiary/aromatic N) is 6. The van der Waals surface area contributed by atoms with E-state index in [1.165, 1.54) is 11.1 Å². The lowest BCUT2D eigenvalue weighted by molar-refractivity contribution is -0.125. The maximum Gasteiger partial charge on any atom is 0.223 e. The number of aryl methyl sites for hydroxylation is 1. The van der Waals surface area contributed by atoms with E-state index in [0.29, 0.717) is 0 Å². The van der Waals surface area contributed by atoms with Crippen LogP contribution in [0.2, 0.25) is 0 Å². The molecule has 4 heterocycles. The van der Waals surface area contributed by atoms with Crippen molar-refractivity contribution in [3.8, 4) is 0 Å². The number of carbonyl (C=O) groups excluding carboxylic acids is 1. The molecule has 8 heteroatoms. The Morgan fingerprint density at radius 1 is 1.06 bits per heavy atom. The Morgan fingerprint density at radius 2 is 1.88 bits per heavy atom. The standard InChI is InChI=1S/C24H31N7O/c1-18-26-27-22-7-8-23(28-31(18)22)30-15-10-20(11-16-30)24(32)25-12-4-13-29-14-9-19-5-2-3-6-21(19)17-29/h2-3,5-8,20H,4,9-17H2,1H3,(H,25,32). The number of benzene rings is 1. The van der Waals surface area contributed by atoms with Crippen molar-refractivity contribution in [2.45, 2.75) is 39.2 Å². The second-order valence-corrected chi connectivity index (χ2v) is 8.91. The maximum absolute atomic E-state index is 12.7. The zero-order valence-corrected chi connectivity index (χ0v) is 18.7. The highest BCUT2D eigenvalue weighted by Crippen LogP contribution is 2.22. The molecule has 0 spiro atoms. The van der Waals surface area contributed by atoms with Gasteiger partial charge >= 0.3 is 0 Å². The van der Waals surface area contributed by atoms with Gasteiger partial charge in [0.05, 0.1) is 0 Å². The van der Waals surface area contributed by atoms with Crippen molar-refractivity contribution in [3.63, 3.8) is 0 Å². The normalized spacial score (nSPS) is 17.5. The summed E-state index contributed by atoms with van der Waals surface area (Å²) in [7, 11) is 0. The minimum Gasteiger partial charge on any atom is -0.356 e. The molecule has 2 aliphatic heterocycles. The summed E-state index contributed by atoms with van der Waals surface area (Å²) in [6.45, 7) is 7.49. The Morgan fingerprint density at radius 3 is 2.72 bits per heavy atom. The van der Waals surface area contributed by atoms with Crippen molar-refractivity contribution in [3.05, 3.63) is 53.3 Å². The summed E-state index contributed by atoms with van der Waals surface area (Å²) in [5.41, 5.74) is 3.69. The highest BCUT2D eigenvalue weighted by molar-refractivity contribution is 5.78. The van der Waals surface area contributed by atoms with Gasteiger partial charge < -0.3 is 10.2 Å². The van der Waals surface area contributed by atoms with Crippen LogP contribution in [0.1, 0.15) is 36.2 Å². The third kappa shape index (κ3) is 4.46. The second-order valence-electron chi connectivity index (χ2n) is 8.91. The first kappa shape index (κ1) is 20.9. The van der Waals surface area contributed by atoms with E-state index >= 15 is 0 Å². The first-order valence-corrected chi connectivity index (χ1v) is 11.7. The molecule has 1 fully saturated rings. The molecular weight excluding hydrogens is 402 g/mol. The molecule has 1 aromatic carbocycles. The molecule has 2 aromatic heterocycles. The van der Waals surface area contributed by atoms with E-state index in [4.69, 9.17) is 0 Å². The number of nitrogens with one attached hydrogen (secondary N) is 1. The van der Waals surface area contributed by atoms with E-state index in [0.717, 1.165) is 82.2 Å². The minimum absolute atomic E-state index is 0.0912. The van der Waals surface area contributed by atoms with E-state index in [1.54, 1.807) is 4.52 Å². The van der Waals surface area contributed by atoms with Crippen LogP contribution in [0.15, 0.2) is 36.4 Å². The molecule has 0 saturated carbocycles. The number of carbonyl (C=O) groups is 1. The minimum atomic E-state index is 0.0912. The first-order valence-electron chi connectivity index (χ1n) is 11.7. The second kappa shape index (κ2) is 9.24. The lowest BCUT2D eigenvalue weighted by Crippen LogP contribution is -2.41. The highest BCUT2D eigenvalue weighted by atomic mass is 16.1. The average Bonchev–Trinajstić information content (AvgIpc) is 3.21. The van der Waals surface area contributed by atoms with Gasteiger partial charge in [-0.1, -0.05) is 24.3 Å². The van der Waals surface area contributed by atoms with Crippen LogP contribution in [-0.2, 0) is 17.8 Å². The molecule has 32 heavy (non-hydrogen) atoms. The molecule has 0 unspecified atom stereocenters. The maximum atomic E-state index is 12.7. The fraction of sp³-hybridized carbons (Fsp3) is 0.500. The number of hydrogen-bond acceptors (Lipinski definition) is 6. The van der Waals surface area contributed by atoms with Gasteiger partial charge in [-0.15, -0.1) is 15.3 Å². The Kier molecular flexibility index (Phi) is 6.03. The molecule has 0 atom stereocenters. The summed E-state index contributed by atoms with van der Waals surface area (Å²) in [6.07, 6.45) is 3.83. The molecule has 5 rings (SSSR count). The average molecular weight is 434 g/mol. The quantitative estimate of drug-likeness (QED) is 0.601. The van der Waals surface area contributed by atoms with Gasteiger partial charge in [0, 0.05) is 45.2 Å². The largest absolute Gasteiger partial charge is 0.356 e. The molecule has 0 aliphatic carbocycles. The molecule has 168 valence electrons. The van der Waals surface area contributed by atoms with Gasteiger partial charge in [0.1, 0.15) is 5.82 Å². The van der Waals surface area contributed by atoms with E-state index < -0.39 is 0 Å². The molecule has 8 nitrogen and oxygen atoms in total. The number of piperidine rings is 1. The van der Waals surface area contributed by atoms with Gasteiger partial charge in [0.25, 0.3) is 0 Å². The number of fused-ring (bicyclic) bond motifs is 2. The molecule has 3 aromatic rings. The summed E-state index contributed by atoms with van der Waals surface area (Å²) in [5, 5.41) is 16.0. The van der Waals surface area contributed by atoms with Crippen LogP contribution in [0.25, 0.3) is 5.65 Å². The molecule has 0 bridgehead atoms. The monoisotopic (exact) mass is 433 g/mol. The molecule has 1 N–H and O–H groups in total. The van der Waals surface area contributed by atoms with Crippen LogP contribution in [0, 0.1) is 12.8 Å². The Balaban J connectivity index is 1.04. The van der Waals surface area contributed by atoms with Gasteiger partial charge in [-0.05, 0) is 55.9 Å². The number of anilines is 1. The van der Waals surface area contributed by atoms with Crippen LogP contribution < -0.4 is 10.2 Å². The van der Waals surface area contributed by atoms with Crippen LogP contribution >= 0.6 is 0 Å². The van der Waals surface area contributed by atoms with Crippen molar-refractivity contribution in [1.29, 1.82) is 0 Å². The van der Waals surface area contributed by atoms with E-state index in [1.807, 2.05) is 19.1 Å². The fourth-order valence-electron chi connectivity index (χ4n) is 4.83. The number of hydrogen-bond donors (Lipinski definition) is 1. The zero-order valence-electron chi connectivity index (χ0n) is 18.7. The predicted octanol–water partition coefficient (Wildman–Crippen LogP) is 2.21. The van der Waals surface area contributed by atoms with Crippen LogP contribution in [-0.4, -0.2) is 63.3 Å². The van der Waals surface area contributed by atoms with Crippen LogP contribution in [0.3, 0.4) is 0 Å². The fourth-order valence-corrected chi connectivity index (χ4v) is 4.83. The third-order valence-corrected chi connectivity index (χ3v) is 6.75. The van der Waals surface area contributed by atoms with Gasteiger partial charge in [0.2, 0.25) is 5.91 Å². The summed E-state index contributed by atoms with van der Waals surface area (Å²) in [5.74, 6) is 1.99. The molecule has 2 aliphatic rings. The van der Waals surface area contributed by atoms with Crippen molar-refractivity contribution < 1.29 is 4.79 Å². The lowest BCUT2D eigenvalue weighted by atomic mass is 9.96. The Labute approximate surface area is 188 Å². The summed E-state index contributed by atoms with van der Waals surface area (Å²) in [6, 6.07) is 12.7. The Bertz CT molecular complexity index is 1090. The summed E-state index contributed by atoms with van der Waals surface area (Å²) < 4.78 is 1.77. The number of amides is 1. The molecule has 1 amide bonds. The van der Waals surface area contributed by atoms with Gasteiger partial charge in [0.15, 0.2) is 11.5 Å². The predicted molar refractivity (Wildman–Crippen MR) is 124 cm³/mol. The highest BCUT2D eigenvalue weighted by Gasteiger charge is 2.26. The molecule has 1 saturated heterocycles. The summed E-state index contributed by atoms with van der Waals surface area (Å²) in [4.78, 5) is 17.4. The topological polar surface area (TPSA) is 78.7 Å². The van der Waals surface area contributed by atoms with Crippen molar-refractivity contribution >= 4 is 17.4 Å². The van der Waals surface area contributed by atoms with E-state index in [-0.39, 0.29) is 11.8 Å². The van der Waals surface area contributed by atoms with Gasteiger partial charge in [-0.25, -0.2) is 0 Å². The smallest absolute Gasteiger partial charge is 0.223 e. The van der Waals surface area contributed by atoms with Gasteiger partial charge in [-0.3, -0.25) is 9.69 Å². The zero-order chi connectivity index (χ0) is 21.9. The van der Waals surface area contributed by atoms with Crippen LogP contribution in [0.5, 0.6) is 0 Å². The van der Waals surface area contributed by atoms with E-state index in [9.17, 15) is 4.79 Å². The number of aromatic nitrogens is 4. The van der Waals surface area contributed by atoms with Crippen molar-refractivity contribution in [1.82, 2.24) is 30.0 Å². The third-order valence-electron chi connectivity index (χ3n) is 6.75. The van der Waals surface area contributed by atoms with E-state index in [2.05, 4.69) is 54.7 Å². The lowest BCUT2D eigenvalue weighted by Gasteiger charge is -2.32.